The molecule has 6 atom stereocenters. The minimum absolute atomic E-state index is 0.0523. The molecule has 0 radical (unpaired) electrons. The van der Waals surface area contributed by atoms with Crippen molar-refractivity contribution in [3.05, 3.63) is 28.8 Å². The number of benzene rings is 1. The lowest BCUT2D eigenvalue weighted by molar-refractivity contribution is -0.137. The van der Waals surface area contributed by atoms with Gasteiger partial charge in [-0.15, -0.1) is 0 Å². The molecule has 9 nitrogen and oxygen atoms in total. The number of pyridine rings is 1. The molecular weight excluding hydrogens is 561 g/mol. The third kappa shape index (κ3) is 3.83. The van der Waals surface area contributed by atoms with E-state index in [2.05, 4.69) is 20.2 Å². The number of nitrogen functional groups attached to an aromatic ring is 1. The van der Waals surface area contributed by atoms with Crippen LogP contribution in [0.2, 0.25) is 0 Å². The fraction of sp³-hybridized carbons (Fsp3) is 0.536. The Bertz CT molecular complexity index is 1620. The zero-order chi connectivity index (χ0) is 29.8. The van der Waals surface area contributed by atoms with Crippen LogP contribution >= 0.6 is 0 Å². The molecule has 2 aromatic heterocycles. The van der Waals surface area contributed by atoms with E-state index in [0.717, 1.165) is 25.8 Å². The first-order chi connectivity index (χ1) is 19.9. The first kappa shape index (κ1) is 27.3. The van der Waals surface area contributed by atoms with Crippen LogP contribution in [0, 0.1) is 24.5 Å². The number of aliphatic hydroxyl groups is 1. The van der Waals surface area contributed by atoms with E-state index >= 15 is 4.39 Å². The summed E-state index contributed by atoms with van der Waals surface area (Å²) < 4.78 is 80.5. The normalized spacial score (nSPS) is 28.4. The Morgan fingerprint density at radius 3 is 2.55 bits per heavy atom. The molecular formula is C28H30F5N7O2. The Morgan fingerprint density at radius 1 is 1.10 bits per heavy atom. The van der Waals surface area contributed by atoms with Crippen molar-refractivity contribution in [2.75, 3.05) is 35.2 Å². The smallest absolute Gasteiger partial charge is 0.417 e. The van der Waals surface area contributed by atoms with Crippen LogP contribution in [-0.4, -0.2) is 70.0 Å². The number of nitrogens with two attached hydrogens (primary N) is 1. The number of nitrogens with one attached hydrogen (secondary N) is 1. The number of nitrogens with zero attached hydrogens (tertiary/aromatic N) is 5. The highest BCUT2D eigenvalue weighted by Crippen LogP contribution is 2.47. The van der Waals surface area contributed by atoms with E-state index in [-0.39, 0.29) is 59.4 Å². The standard InChI is InChI=1S/C28H30F5N7O2/c1-10-7-39(17(10)9-41)27-37-23-18-25(38-27)40-8-13-4-5-16(35-13)24(40)12(3)42-26(18)36-22(21(23)30)14-6-15(34)20(29)11(2)19(14)28(31,32)33/h6,10,12-13,16-17,24,35,41H,4-5,7-9,34H2,1-3H3/t10-,12-,13+,16-,17+,24+/m0/s1. The average molecular weight is 592 g/mol. The lowest BCUT2D eigenvalue weighted by Gasteiger charge is -2.46. The van der Waals surface area contributed by atoms with E-state index in [1.807, 2.05) is 13.8 Å². The summed E-state index contributed by atoms with van der Waals surface area (Å²) in [6.45, 7) is 5.66. The van der Waals surface area contributed by atoms with E-state index in [1.165, 1.54) is 0 Å². The summed E-state index contributed by atoms with van der Waals surface area (Å²) in [5.41, 5.74) is 1.36. The van der Waals surface area contributed by atoms with Crippen LogP contribution in [0.25, 0.3) is 22.2 Å². The molecule has 6 heterocycles. The van der Waals surface area contributed by atoms with E-state index in [9.17, 15) is 22.7 Å². The largest absolute Gasteiger partial charge is 0.472 e. The zero-order valence-electron chi connectivity index (χ0n) is 23.1. The highest BCUT2D eigenvalue weighted by Gasteiger charge is 2.48. The molecule has 14 heteroatoms. The fourth-order valence-corrected chi connectivity index (χ4v) is 7.22. The Labute approximate surface area is 237 Å². The molecule has 0 amide bonds. The van der Waals surface area contributed by atoms with Crippen molar-refractivity contribution in [2.24, 2.45) is 5.92 Å². The maximum Gasteiger partial charge on any atom is 0.417 e. The second-order valence-corrected chi connectivity index (χ2v) is 11.9. The number of halogens is 5. The lowest BCUT2D eigenvalue weighted by Crippen LogP contribution is -2.62. The average Bonchev–Trinajstić information content (AvgIpc) is 3.24. The minimum atomic E-state index is -5.03. The second kappa shape index (κ2) is 9.24. The van der Waals surface area contributed by atoms with Gasteiger partial charge in [0.05, 0.1) is 29.9 Å². The van der Waals surface area contributed by atoms with Gasteiger partial charge in [0.1, 0.15) is 34.3 Å². The van der Waals surface area contributed by atoms with Crippen LogP contribution in [0.15, 0.2) is 6.07 Å². The van der Waals surface area contributed by atoms with E-state index in [1.54, 1.807) is 4.90 Å². The quantitative estimate of drug-likeness (QED) is 0.310. The summed E-state index contributed by atoms with van der Waals surface area (Å²) in [5.74, 6) is -1.79. The fourth-order valence-electron chi connectivity index (χ4n) is 7.22. The summed E-state index contributed by atoms with van der Waals surface area (Å²) in [6, 6.07) is 0.471. The van der Waals surface area contributed by atoms with Crippen molar-refractivity contribution < 1.29 is 31.8 Å². The number of piperazine rings is 1. The molecule has 0 saturated carbocycles. The summed E-state index contributed by atoms with van der Waals surface area (Å²) in [7, 11) is 0. The first-order valence-electron chi connectivity index (χ1n) is 14.0. The molecule has 224 valence electrons. The van der Waals surface area contributed by atoms with Gasteiger partial charge in [-0.3, -0.25) is 0 Å². The van der Waals surface area contributed by atoms with Gasteiger partial charge in [0.2, 0.25) is 11.8 Å². The molecule has 3 aromatic rings. The number of hydrogen-bond acceptors (Lipinski definition) is 9. The van der Waals surface area contributed by atoms with Crippen molar-refractivity contribution in [3.63, 3.8) is 0 Å². The number of aromatic nitrogens is 3. The van der Waals surface area contributed by atoms with Gasteiger partial charge in [0, 0.05) is 30.7 Å². The van der Waals surface area contributed by atoms with E-state index in [4.69, 9.17) is 15.5 Å². The van der Waals surface area contributed by atoms with Crippen molar-refractivity contribution in [2.45, 2.75) is 70.1 Å². The molecule has 0 spiro atoms. The lowest BCUT2D eigenvalue weighted by atomic mass is 9.91. The van der Waals surface area contributed by atoms with Crippen LogP contribution in [-0.2, 0) is 6.18 Å². The molecule has 4 N–H and O–H groups in total. The Morgan fingerprint density at radius 2 is 1.86 bits per heavy atom. The molecule has 3 fully saturated rings. The van der Waals surface area contributed by atoms with Gasteiger partial charge < -0.3 is 30.7 Å². The maximum absolute atomic E-state index is 16.6. The van der Waals surface area contributed by atoms with Gasteiger partial charge in [-0.25, -0.2) is 18.7 Å². The van der Waals surface area contributed by atoms with Crippen LogP contribution in [0.4, 0.5) is 39.4 Å². The van der Waals surface area contributed by atoms with Gasteiger partial charge >= 0.3 is 6.18 Å². The number of aliphatic hydroxyl groups excluding tert-OH is 1. The number of fused-ring (bicyclic) bond motifs is 5. The summed E-state index contributed by atoms with van der Waals surface area (Å²) in [4.78, 5) is 17.5. The van der Waals surface area contributed by atoms with E-state index in [0.29, 0.717) is 18.9 Å². The summed E-state index contributed by atoms with van der Waals surface area (Å²) in [6.07, 6.45) is -3.69. The van der Waals surface area contributed by atoms with Crippen molar-refractivity contribution >= 4 is 28.4 Å². The maximum atomic E-state index is 16.6. The van der Waals surface area contributed by atoms with Crippen molar-refractivity contribution in [1.29, 1.82) is 0 Å². The van der Waals surface area contributed by atoms with Gasteiger partial charge in [-0.05, 0) is 44.2 Å². The molecule has 0 unspecified atom stereocenters. The Kier molecular flexibility index (Phi) is 6.01. The molecule has 7 rings (SSSR count). The molecule has 42 heavy (non-hydrogen) atoms. The van der Waals surface area contributed by atoms with Crippen LogP contribution < -0.4 is 25.6 Å². The number of hydrogen-bond donors (Lipinski definition) is 3. The van der Waals surface area contributed by atoms with Crippen LogP contribution in [0.5, 0.6) is 5.88 Å². The Hall–Kier alpha value is -3.52. The highest BCUT2D eigenvalue weighted by molar-refractivity contribution is 5.98. The number of anilines is 3. The van der Waals surface area contributed by atoms with E-state index < -0.39 is 52.0 Å². The second-order valence-electron chi connectivity index (χ2n) is 11.9. The topological polar surface area (TPSA) is 113 Å². The third-order valence-electron chi connectivity index (χ3n) is 9.29. The van der Waals surface area contributed by atoms with Crippen molar-refractivity contribution in [1.82, 2.24) is 20.3 Å². The zero-order valence-corrected chi connectivity index (χ0v) is 23.1. The SMILES string of the molecule is Cc1c(F)c(N)cc(-c2nc3c4c(nc(N5C[C@H](C)[C@H]5CO)nc4c2F)N2C[C@H]4CC[C@H](N4)[C@H]2[C@H](C)O3)c1C(F)(F)F. The van der Waals surface area contributed by atoms with Gasteiger partial charge in [-0.1, -0.05) is 6.92 Å². The highest BCUT2D eigenvalue weighted by atomic mass is 19.4. The monoisotopic (exact) mass is 591 g/mol. The van der Waals surface area contributed by atoms with Gasteiger partial charge in [-0.2, -0.15) is 18.2 Å². The minimum Gasteiger partial charge on any atom is -0.472 e. The Balaban J connectivity index is 1.53. The number of ether oxygens (including phenoxy) is 1. The number of alkyl halides is 3. The predicted octanol–water partition coefficient (Wildman–Crippen LogP) is 3.79. The molecule has 2 bridgehead atoms. The molecule has 3 saturated heterocycles. The predicted molar refractivity (Wildman–Crippen MR) is 145 cm³/mol. The summed E-state index contributed by atoms with van der Waals surface area (Å²) >= 11 is 0. The van der Waals surface area contributed by atoms with Crippen molar-refractivity contribution in [3.8, 4) is 17.1 Å². The molecule has 1 aromatic carbocycles. The van der Waals surface area contributed by atoms with Crippen LogP contribution in [0.1, 0.15) is 37.8 Å². The molecule has 4 aliphatic heterocycles. The number of rotatable bonds is 3. The van der Waals surface area contributed by atoms with Crippen LogP contribution in [0.3, 0.4) is 0 Å². The van der Waals surface area contributed by atoms with Gasteiger partial charge in [0.15, 0.2) is 5.82 Å². The molecule has 0 aliphatic carbocycles. The molecule has 4 aliphatic rings. The summed E-state index contributed by atoms with van der Waals surface area (Å²) in [5, 5.41) is 13.7. The first-order valence-corrected chi connectivity index (χ1v) is 14.0. The van der Waals surface area contributed by atoms with Gasteiger partial charge in [0.25, 0.3) is 0 Å². The third-order valence-corrected chi connectivity index (χ3v) is 9.29.